The van der Waals surface area contributed by atoms with Crippen LogP contribution in [0.1, 0.15) is 36.7 Å². The van der Waals surface area contributed by atoms with E-state index in [0.29, 0.717) is 22.5 Å². The normalized spacial score (nSPS) is 10.6. The lowest BCUT2D eigenvalue weighted by Gasteiger charge is -2.07. The van der Waals surface area contributed by atoms with Crippen LogP contribution in [-0.2, 0) is 11.2 Å². The topological polar surface area (TPSA) is 55.4 Å². The number of benzene rings is 3. The molecule has 1 aromatic heterocycles. The highest BCUT2D eigenvalue weighted by Crippen LogP contribution is 2.35. The average Bonchev–Trinajstić information content (AvgIpc) is 3.14. The number of methoxy groups -OCH3 is 1. The number of hydrogen-bond acceptors (Lipinski definition) is 4. The van der Waals surface area contributed by atoms with Crippen molar-refractivity contribution in [3.05, 3.63) is 112 Å². The maximum absolute atomic E-state index is 12.9. The molecule has 0 saturated heterocycles. The van der Waals surface area contributed by atoms with E-state index in [0.717, 1.165) is 27.1 Å². The zero-order chi connectivity index (χ0) is 22.5. The van der Waals surface area contributed by atoms with Crippen molar-refractivity contribution < 1.29 is 14.3 Å². The van der Waals surface area contributed by atoms with Gasteiger partial charge in [0.15, 0.2) is 0 Å². The number of ether oxygens (including phenoxy) is 1. The Morgan fingerprint density at radius 3 is 2.06 bits per heavy atom. The van der Waals surface area contributed by atoms with E-state index in [1.165, 1.54) is 18.4 Å². The number of esters is 1. The predicted octanol–water partition coefficient (Wildman–Crippen LogP) is 6.35. The van der Waals surface area contributed by atoms with Gasteiger partial charge in [0.2, 0.25) is 0 Å². The first-order valence-electron chi connectivity index (χ1n) is 10.3. The fraction of sp³-hybridized carbons (Fsp3) is 0.111. The van der Waals surface area contributed by atoms with Gasteiger partial charge in [-0.3, -0.25) is 4.79 Å². The van der Waals surface area contributed by atoms with Crippen LogP contribution < -0.4 is 5.32 Å². The summed E-state index contributed by atoms with van der Waals surface area (Å²) in [7, 11) is 1.35. The predicted molar refractivity (Wildman–Crippen MR) is 129 cm³/mol. The molecule has 4 nitrogen and oxygen atoms in total. The molecule has 0 spiro atoms. The third kappa shape index (κ3) is 4.63. The third-order valence-corrected chi connectivity index (χ3v) is 6.53. The lowest BCUT2D eigenvalue weighted by atomic mass is 10.0. The van der Waals surface area contributed by atoms with Crippen molar-refractivity contribution in [1.82, 2.24) is 0 Å². The Bertz CT molecular complexity index is 1230. The maximum atomic E-state index is 12.9. The molecule has 0 radical (unpaired) electrons. The first-order valence-corrected chi connectivity index (χ1v) is 11.1. The van der Waals surface area contributed by atoms with Crippen LogP contribution >= 0.6 is 11.3 Å². The van der Waals surface area contributed by atoms with Gasteiger partial charge in [-0.15, -0.1) is 11.3 Å². The van der Waals surface area contributed by atoms with Gasteiger partial charge in [0.25, 0.3) is 5.91 Å². The fourth-order valence-electron chi connectivity index (χ4n) is 3.57. The van der Waals surface area contributed by atoms with Crippen molar-refractivity contribution in [3.8, 4) is 11.1 Å². The van der Waals surface area contributed by atoms with Crippen molar-refractivity contribution in [3.63, 3.8) is 0 Å². The highest BCUT2D eigenvalue weighted by Gasteiger charge is 2.23. The minimum absolute atomic E-state index is 0.262. The van der Waals surface area contributed by atoms with Crippen LogP contribution in [0.3, 0.4) is 0 Å². The van der Waals surface area contributed by atoms with Crippen molar-refractivity contribution in [2.75, 3.05) is 12.4 Å². The Balaban J connectivity index is 1.59. The van der Waals surface area contributed by atoms with Gasteiger partial charge in [-0.05, 0) is 41.3 Å². The molecule has 1 N–H and O–H groups in total. The first kappa shape index (κ1) is 21.5. The summed E-state index contributed by atoms with van der Waals surface area (Å²) in [6, 6.07) is 27.5. The summed E-state index contributed by atoms with van der Waals surface area (Å²) in [6.07, 6.45) is 0.684. The summed E-state index contributed by atoms with van der Waals surface area (Å²) >= 11 is 1.41. The Kier molecular flexibility index (Phi) is 6.47. The number of carbonyl (C=O) groups is 2. The number of amides is 1. The van der Waals surface area contributed by atoms with E-state index in [2.05, 4.69) is 5.32 Å². The summed E-state index contributed by atoms with van der Waals surface area (Å²) in [5.74, 6) is -0.713. The molecule has 0 fully saturated rings. The molecule has 4 aromatic rings. The second kappa shape index (κ2) is 9.62. The molecule has 3 aromatic carbocycles. The fourth-order valence-corrected chi connectivity index (χ4v) is 4.79. The molecule has 1 amide bonds. The number of anilines is 1. The lowest BCUT2D eigenvalue weighted by molar-refractivity contribution is 0.0601. The molecular weight excluding hydrogens is 418 g/mol. The summed E-state index contributed by atoms with van der Waals surface area (Å²) in [5, 5.41) is 3.44. The molecule has 0 saturated carbocycles. The molecule has 1 heterocycles. The minimum atomic E-state index is -0.451. The number of carbonyl (C=O) groups excluding carboxylic acids is 2. The van der Waals surface area contributed by atoms with E-state index in [-0.39, 0.29) is 5.91 Å². The SMILES string of the molecule is COC(=O)c1c(NC(=O)c2ccc(-c3ccccc3)cc2)sc(Cc2ccccc2)c1C. The van der Waals surface area contributed by atoms with Crippen LogP contribution in [0.4, 0.5) is 5.00 Å². The maximum Gasteiger partial charge on any atom is 0.341 e. The molecule has 5 heteroatoms. The number of thiophene rings is 1. The second-order valence-electron chi connectivity index (χ2n) is 7.41. The Morgan fingerprint density at radius 2 is 1.44 bits per heavy atom. The van der Waals surface area contributed by atoms with Crippen LogP contribution in [0.2, 0.25) is 0 Å². The zero-order valence-corrected chi connectivity index (χ0v) is 18.7. The highest BCUT2D eigenvalue weighted by molar-refractivity contribution is 7.17. The average molecular weight is 442 g/mol. The summed E-state index contributed by atoms with van der Waals surface area (Å²) < 4.78 is 4.99. The molecular formula is C27H23NO3S. The van der Waals surface area contributed by atoms with Crippen molar-refractivity contribution in [1.29, 1.82) is 0 Å². The van der Waals surface area contributed by atoms with Crippen molar-refractivity contribution in [2.45, 2.75) is 13.3 Å². The van der Waals surface area contributed by atoms with E-state index in [1.54, 1.807) is 12.1 Å². The molecule has 0 atom stereocenters. The van der Waals surface area contributed by atoms with Gasteiger partial charge in [0.05, 0.1) is 12.7 Å². The molecule has 0 bridgehead atoms. The van der Waals surface area contributed by atoms with Crippen molar-refractivity contribution in [2.24, 2.45) is 0 Å². The van der Waals surface area contributed by atoms with E-state index in [1.807, 2.05) is 79.7 Å². The molecule has 0 aliphatic heterocycles. The standard InChI is InChI=1S/C27H23NO3S/c1-18-23(17-19-9-5-3-6-10-19)32-26(24(18)27(30)31-2)28-25(29)22-15-13-21(14-16-22)20-11-7-4-8-12-20/h3-16H,17H2,1-2H3,(H,28,29). The summed E-state index contributed by atoms with van der Waals surface area (Å²) in [4.78, 5) is 26.4. The zero-order valence-electron chi connectivity index (χ0n) is 17.9. The quantitative estimate of drug-likeness (QED) is 0.355. The third-order valence-electron chi connectivity index (χ3n) is 5.32. The summed E-state index contributed by atoms with van der Waals surface area (Å²) in [5.41, 5.74) is 5.04. The summed E-state index contributed by atoms with van der Waals surface area (Å²) in [6.45, 7) is 1.89. The van der Waals surface area contributed by atoms with Gasteiger partial charge in [0, 0.05) is 16.9 Å². The van der Waals surface area contributed by atoms with Crippen LogP contribution in [0.15, 0.2) is 84.9 Å². The van der Waals surface area contributed by atoms with Gasteiger partial charge in [-0.25, -0.2) is 4.79 Å². The lowest BCUT2D eigenvalue weighted by Crippen LogP contribution is -2.14. The van der Waals surface area contributed by atoms with E-state index in [4.69, 9.17) is 4.74 Å². The van der Waals surface area contributed by atoms with Crippen LogP contribution in [0.5, 0.6) is 0 Å². The largest absolute Gasteiger partial charge is 0.465 e. The van der Waals surface area contributed by atoms with Gasteiger partial charge < -0.3 is 10.1 Å². The highest BCUT2D eigenvalue weighted by atomic mass is 32.1. The smallest absolute Gasteiger partial charge is 0.341 e. The van der Waals surface area contributed by atoms with Crippen LogP contribution in [0, 0.1) is 6.92 Å². The molecule has 0 aliphatic rings. The van der Waals surface area contributed by atoms with Crippen LogP contribution in [-0.4, -0.2) is 19.0 Å². The van der Waals surface area contributed by atoms with Gasteiger partial charge >= 0.3 is 5.97 Å². The van der Waals surface area contributed by atoms with Gasteiger partial charge in [-0.2, -0.15) is 0 Å². The first-order chi connectivity index (χ1) is 15.6. The molecule has 160 valence electrons. The van der Waals surface area contributed by atoms with E-state index < -0.39 is 5.97 Å². The minimum Gasteiger partial charge on any atom is -0.465 e. The van der Waals surface area contributed by atoms with Crippen LogP contribution in [0.25, 0.3) is 11.1 Å². The molecule has 32 heavy (non-hydrogen) atoms. The Hall–Kier alpha value is -3.70. The van der Waals surface area contributed by atoms with Crippen molar-refractivity contribution >= 4 is 28.2 Å². The van der Waals surface area contributed by atoms with E-state index >= 15 is 0 Å². The number of hydrogen-bond donors (Lipinski definition) is 1. The van der Waals surface area contributed by atoms with Gasteiger partial charge in [0.1, 0.15) is 5.00 Å². The monoisotopic (exact) mass is 441 g/mol. The number of rotatable bonds is 6. The molecule has 0 aliphatic carbocycles. The Labute approximate surface area is 191 Å². The van der Waals surface area contributed by atoms with E-state index in [9.17, 15) is 9.59 Å². The molecule has 0 unspecified atom stereocenters. The molecule has 4 rings (SSSR count). The Morgan fingerprint density at radius 1 is 0.844 bits per heavy atom. The van der Waals surface area contributed by atoms with Gasteiger partial charge in [-0.1, -0.05) is 72.8 Å². The second-order valence-corrected chi connectivity index (χ2v) is 8.51. The number of nitrogens with one attached hydrogen (secondary N) is 1.